The molecule has 5 heteroatoms. The lowest BCUT2D eigenvalue weighted by atomic mass is 10.1. The standard InChI is InChI=1S/C21H25NO4/c1-4-14-25-21(24)17-6-10-18(11-7-17)22-20(23)16-8-12-19(13-9-16)26-15(3)5-2/h6-13,15H,4-5,14H2,1-3H3,(H,22,23). The molecule has 2 aromatic rings. The maximum atomic E-state index is 12.3. The second-order valence-corrected chi connectivity index (χ2v) is 6.03. The van der Waals surface area contributed by atoms with Crippen LogP contribution < -0.4 is 10.1 Å². The molecule has 5 nitrogen and oxygen atoms in total. The first-order valence-electron chi connectivity index (χ1n) is 8.88. The first kappa shape index (κ1) is 19.5. The molecule has 0 radical (unpaired) electrons. The lowest BCUT2D eigenvalue weighted by molar-refractivity contribution is 0.0505. The van der Waals surface area contributed by atoms with Crippen molar-refractivity contribution in [3.63, 3.8) is 0 Å². The van der Waals surface area contributed by atoms with Crippen molar-refractivity contribution in [1.29, 1.82) is 0 Å². The van der Waals surface area contributed by atoms with Crippen LogP contribution in [0.1, 0.15) is 54.3 Å². The summed E-state index contributed by atoms with van der Waals surface area (Å²) in [5, 5.41) is 2.81. The lowest BCUT2D eigenvalue weighted by Crippen LogP contribution is -2.13. The molecule has 138 valence electrons. The van der Waals surface area contributed by atoms with E-state index < -0.39 is 0 Å². The Balaban J connectivity index is 1.95. The Labute approximate surface area is 154 Å². The Morgan fingerprint density at radius 2 is 1.58 bits per heavy atom. The molecule has 0 aromatic heterocycles. The van der Waals surface area contributed by atoms with Crippen LogP contribution in [0, 0.1) is 0 Å². The molecule has 0 aliphatic rings. The van der Waals surface area contributed by atoms with Gasteiger partial charge in [0.1, 0.15) is 5.75 Å². The molecule has 1 amide bonds. The Bertz CT molecular complexity index is 723. The van der Waals surface area contributed by atoms with Crippen LogP contribution in [-0.2, 0) is 4.74 Å². The van der Waals surface area contributed by atoms with Crippen LogP contribution in [0.15, 0.2) is 48.5 Å². The van der Waals surface area contributed by atoms with Crippen molar-refractivity contribution in [3.8, 4) is 5.75 Å². The maximum Gasteiger partial charge on any atom is 0.338 e. The number of amides is 1. The van der Waals surface area contributed by atoms with Crippen LogP contribution in [-0.4, -0.2) is 24.6 Å². The van der Waals surface area contributed by atoms with E-state index in [0.717, 1.165) is 18.6 Å². The van der Waals surface area contributed by atoms with Gasteiger partial charge in [0, 0.05) is 11.3 Å². The first-order valence-corrected chi connectivity index (χ1v) is 8.88. The van der Waals surface area contributed by atoms with E-state index in [1.54, 1.807) is 48.5 Å². The maximum absolute atomic E-state index is 12.3. The van der Waals surface area contributed by atoms with Crippen LogP contribution in [0.4, 0.5) is 5.69 Å². The topological polar surface area (TPSA) is 64.6 Å². The number of benzene rings is 2. The number of carbonyl (C=O) groups is 2. The van der Waals surface area contributed by atoms with Crippen molar-refractivity contribution in [2.45, 2.75) is 39.7 Å². The van der Waals surface area contributed by atoms with Gasteiger partial charge in [0.05, 0.1) is 18.3 Å². The van der Waals surface area contributed by atoms with Crippen LogP contribution in [0.2, 0.25) is 0 Å². The van der Waals surface area contributed by atoms with Gasteiger partial charge in [-0.2, -0.15) is 0 Å². The number of hydrogen-bond donors (Lipinski definition) is 1. The van der Waals surface area contributed by atoms with Gasteiger partial charge in [-0.15, -0.1) is 0 Å². The second-order valence-electron chi connectivity index (χ2n) is 6.03. The average molecular weight is 355 g/mol. The Kier molecular flexibility index (Phi) is 7.21. The number of nitrogens with one attached hydrogen (secondary N) is 1. The van der Waals surface area contributed by atoms with E-state index in [2.05, 4.69) is 12.2 Å². The number of esters is 1. The fourth-order valence-corrected chi connectivity index (χ4v) is 2.17. The normalized spacial score (nSPS) is 11.5. The van der Waals surface area contributed by atoms with Gasteiger partial charge in [-0.1, -0.05) is 13.8 Å². The summed E-state index contributed by atoms with van der Waals surface area (Å²) >= 11 is 0. The molecule has 0 bridgehead atoms. The zero-order valence-electron chi connectivity index (χ0n) is 15.5. The minimum Gasteiger partial charge on any atom is -0.491 e. The fourth-order valence-electron chi connectivity index (χ4n) is 2.17. The summed E-state index contributed by atoms with van der Waals surface area (Å²) < 4.78 is 10.8. The highest BCUT2D eigenvalue weighted by molar-refractivity contribution is 6.04. The van der Waals surface area contributed by atoms with Crippen molar-refractivity contribution < 1.29 is 19.1 Å². The highest BCUT2D eigenvalue weighted by Crippen LogP contribution is 2.17. The molecule has 0 saturated carbocycles. The zero-order valence-corrected chi connectivity index (χ0v) is 15.5. The van der Waals surface area contributed by atoms with E-state index in [4.69, 9.17) is 9.47 Å². The van der Waals surface area contributed by atoms with E-state index in [-0.39, 0.29) is 18.0 Å². The van der Waals surface area contributed by atoms with E-state index in [9.17, 15) is 9.59 Å². The predicted molar refractivity (Wildman–Crippen MR) is 102 cm³/mol. The summed E-state index contributed by atoms with van der Waals surface area (Å²) in [6.07, 6.45) is 1.84. The monoisotopic (exact) mass is 355 g/mol. The van der Waals surface area contributed by atoms with Crippen molar-refractivity contribution in [2.75, 3.05) is 11.9 Å². The third-order valence-electron chi connectivity index (χ3n) is 3.84. The van der Waals surface area contributed by atoms with Crippen LogP contribution in [0.3, 0.4) is 0 Å². The number of rotatable bonds is 8. The summed E-state index contributed by atoms with van der Waals surface area (Å²) in [6, 6.07) is 13.7. The smallest absolute Gasteiger partial charge is 0.338 e. The third-order valence-corrected chi connectivity index (χ3v) is 3.84. The molecule has 1 N–H and O–H groups in total. The Morgan fingerprint density at radius 1 is 0.962 bits per heavy atom. The zero-order chi connectivity index (χ0) is 18.9. The van der Waals surface area contributed by atoms with E-state index in [1.807, 2.05) is 13.8 Å². The highest BCUT2D eigenvalue weighted by Gasteiger charge is 2.09. The molecule has 0 fully saturated rings. The molecule has 0 saturated heterocycles. The van der Waals surface area contributed by atoms with Crippen LogP contribution in [0.25, 0.3) is 0 Å². The summed E-state index contributed by atoms with van der Waals surface area (Å²) in [5.41, 5.74) is 1.61. The fraction of sp³-hybridized carbons (Fsp3) is 0.333. The van der Waals surface area contributed by atoms with Crippen molar-refractivity contribution in [1.82, 2.24) is 0 Å². The predicted octanol–water partition coefficient (Wildman–Crippen LogP) is 4.68. The Morgan fingerprint density at radius 3 is 2.15 bits per heavy atom. The van der Waals surface area contributed by atoms with E-state index in [1.165, 1.54) is 0 Å². The number of ether oxygens (including phenoxy) is 2. The van der Waals surface area contributed by atoms with Crippen LogP contribution in [0.5, 0.6) is 5.75 Å². The second kappa shape index (κ2) is 9.61. The van der Waals surface area contributed by atoms with Gasteiger partial charge in [-0.25, -0.2) is 4.79 Å². The molecule has 0 spiro atoms. The van der Waals surface area contributed by atoms with Gasteiger partial charge in [-0.05, 0) is 68.3 Å². The molecule has 0 heterocycles. The van der Waals surface area contributed by atoms with E-state index in [0.29, 0.717) is 23.4 Å². The van der Waals surface area contributed by atoms with E-state index >= 15 is 0 Å². The third kappa shape index (κ3) is 5.62. The van der Waals surface area contributed by atoms with Gasteiger partial charge in [0.15, 0.2) is 0 Å². The molecule has 0 aliphatic heterocycles. The summed E-state index contributed by atoms with van der Waals surface area (Å²) in [7, 11) is 0. The minimum atomic E-state index is -0.360. The highest BCUT2D eigenvalue weighted by atomic mass is 16.5. The van der Waals surface area contributed by atoms with Gasteiger partial charge in [-0.3, -0.25) is 4.79 Å². The van der Waals surface area contributed by atoms with Gasteiger partial charge in [0.2, 0.25) is 0 Å². The van der Waals surface area contributed by atoms with Crippen molar-refractivity contribution in [3.05, 3.63) is 59.7 Å². The molecule has 2 rings (SSSR count). The summed E-state index contributed by atoms with van der Waals surface area (Å²) in [6.45, 7) is 6.40. The average Bonchev–Trinajstić information content (AvgIpc) is 2.67. The van der Waals surface area contributed by atoms with Crippen molar-refractivity contribution >= 4 is 17.6 Å². The largest absolute Gasteiger partial charge is 0.491 e. The summed E-state index contributed by atoms with van der Waals surface area (Å²) in [5.74, 6) is 0.161. The number of hydrogen-bond acceptors (Lipinski definition) is 4. The van der Waals surface area contributed by atoms with Crippen LogP contribution >= 0.6 is 0 Å². The molecule has 0 aliphatic carbocycles. The molecule has 26 heavy (non-hydrogen) atoms. The quantitative estimate of drug-likeness (QED) is 0.698. The number of carbonyl (C=O) groups excluding carboxylic acids is 2. The SMILES string of the molecule is CCCOC(=O)c1ccc(NC(=O)c2ccc(OC(C)CC)cc2)cc1. The number of anilines is 1. The molecule has 1 atom stereocenters. The van der Waals surface area contributed by atoms with Gasteiger partial charge in [0.25, 0.3) is 5.91 Å². The minimum absolute atomic E-state index is 0.136. The Hall–Kier alpha value is -2.82. The molecule has 1 unspecified atom stereocenters. The van der Waals surface area contributed by atoms with Gasteiger partial charge >= 0.3 is 5.97 Å². The molecule has 2 aromatic carbocycles. The lowest BCUT2D eigenvalue weighted by Gasteiger charge is -2.12. The first-order chi connectivity index (χ1) is 12.5. The summed E-state index contributed by atoms with van der Waals surface area (Å²) in [4.78, 5) is 24.1. The molecular formula is C21H25NO4. The molecular weight excluding hydrogens is 330 g/mol. The van der Waals surface area contributed by atoms with Gasteiger partial charge < -0.3 is 14.8 Å². The van der Waals surface area contributed by atoms with Crippen molar-refractivity contribution in [2.24, 2.45) is 0 Å².